The van der Waals surface area contributed by atoms with Crippen LogP contribution in [-0.4, -0.2) is 11.9 Å². The van der Waals surface area contributed by atoms with Crippen molar-refractivity contribution in [3.05, 3.63) is 69.8 Å². The molecule has 0 amide bonds. The predicted molar refractivity (Wildman–Crippen MR) is 137 cm³/mol. The molecule has 0 bridgehead atoms. The van der Waals surface area contributed by atoms with Crippen molar-refractivity contribution in [1.82, 2.24) is 0 Å². The van der Waals surface area contributed by atoms with Crippen LogP contribution in [0, 0.1) is 23.7 Å². The highest BCUT2D eigenvalue weighted by atomic mass is 16.6. The van der Waals surface area contributed by atoms with E-state index >= 15 is 0 Å². The molecule has 0 spiro atoms. The minimum Gasteiger partial charge on any atom is -0.386 e. The largest absolute Gasteiger partial charge is 0.386 e. The Hall–Kier alpha value is -2.42. The summed E-state index contributed by atoms with van der Waals surface area (Å²) in [5.74, 6) is 0.654. The predicted octanol–water partition coefficient (Wildman–Crippen LogP) is 7.48. The van der Waals surface area contributed by atoms with Crippen LogP contribution in [-0.2, 0) is 30.4 Å². The molecule has 0 aliphatic carbocycles. The molecule has 0 saturated carbocycles. The molecule has 2 aromatic rings. The molecular weight excluding hydrogens is 408 g/mol. The standard InChI is InChI=1S/C30H42O3/c1-19(2)13-23-9-11-25(15-21(5)6)27(17-23)29(31)33-30(32)28-18-24(14-20(3)4)10-12-26(28)16-22(7)8/h9-12,17-22H,13-16H2,1-8H3. The van der Waals surface area contributed by atoms with E-state index < -0.39 is 11.9 Å². The Bertz CT molecular complexity index is 874. The number of esters is 2. The van der Waals surface area contributed by atoms with Gasteiger partial charge in [0.05, 0.1) is 11.1 Å². The van der Waals surface area contributed by atoms with E-state index in [2.05, 4.69) is 67.5 Å². The minimum atomic E-state index is -0.550. The van der Waals surface area contributed by atoms with Gasteiger partial charge in [0.15, 0.2) is 0 Å². The van der Waals surface area contributed by atoms with Gasteiger partial charge in [0.1, 0.15) is 0 Å². The SMILES string of the molecule is CC(C)Cc1ccc(CC(C)C)c(C(=O)OC(=O)c2cc(CC(C)C)ccc2CC(C)C)c1. The Labute approximate surface area is 200 Å². The normalized spacial score (nSPS) is 11.6. The van der Waals surface area contributed by atoms with E-state index in [-0.39, 0.29) is 0 Å². The fourth-order valence-electron chi connectivity index (χ4n) is 4.25. The number of hydrogen-bond acceptors (Lipinski definition) is 3. The first kappa shape index (κ1) is 26.8. The second-order valence-electron chi connectivity index (χ2n) is 11.1. The molecule has 0 unspecified atom stereocenters. The molecule has 180 valence electrons. The van der Waals surface area contributed by atoms with Crippen LogP contribution >= 0.6 is 0 Å². The van der Waals surface area contributed by atoms with Gasteiger partial charge < -0.3 is 4.74 Å². The molecule has 33 heavy (non-hydrogen) atoms. The lowest BCUT2D eigenvalue weighted by atomic mass is 9.93. The quantitative estimate of drug-likeness (QED) is 0.278. The van der Waals surface area contributed by atoms with E-state index in [9.17, 15) is 9.59 Å². The lowest BCUT2D eigenvalue weighted by Crippen LogP contribution is -2.18. The van der Waals surface area contributed by atoms with Crippen LogP contribution in [0.2, 0.25) is 0 Å². The van der Waals surface area contributed by atoms with Crippen molar-refractivity contribution in [3.8, 4) is 0 Å². The van der Waals surface area contributed by atoms with E-state index in [0.29, 0.717) is 34.8 Å². The fraction of sp³-hybridized carbons (Fsp3) is 0.533. The van der Waals surface area contributed by atoms with Crippen molar-refractivity contribution in [2.75, 3.05) is 0 Å². The topological polar surface area (TPSA) is 43.4 Å². The van der Waals surface area contributed by atoms with E-state index in [0.717, 1.165) is 47.9 Å². The molecule has 0 heterocycles. The summed E-state index contributed by atoms with van der Waals surface area (Å²) in [7, 11) is 0. The van der Waals surface area contributed by atoms with Crippen molar-refractivity contribution in [2.24, 2.45) is 23.7 Å². The van der Waals surface area contributed by atoms with Crippen molar-refractivity contribution < 1.29 is 14.3 Å². The summed E-state index contributed by atoms with van der Waals surface area (Å²) in [5.41, 5.74) is 5.09. The molecular formula is C30H42O3. The van der Waals surface area contributed by atoms with Crippen LogP contribution in [0.1, 0.15) is 98.4 Å². The zero-order valence-corrected chi connectivity index (χ0v) is 21.8. The van der Waals surface area contributed by atoms with Crippen LogP contribution < -0.4 is 0 Å². The van der Waals surface area contributed by atoms with E-state index in [4.69, 9.17) is 4.74 Å². The number of rotatable bonds is 10. The van der Waals surface area contributed by atoms with Gasteiger partial charge in [0.25, 0.3) is 0 Å². The van der Waals surface area contributed by atoms with Crippen molar-refractivity contribution in [2.45, 2.75) is 81.1 Å². The van der Waals surface area contributed by atoms with E-state index in [1.807, 2.05) is 24.3 Å². The summed E-state index contributed by atoms with van der Waals surface area (Å²) in [6.45, 7) is 17.1. The molecule has 2 rings (SSSR count). The number of benzene rings is 2. The maximum Gasteiger partial charge on any atom is 0.346 e. The van der Waals surface area contributed by atoms with Gasteiger partial charge in [-0.1, -0.05) is 79.7 Å². The minimum absolute atomic E-state index is 0.397. The van der Waals surface area contributed by atoms with Gasteiger partial charge in [0, 0.05) is 0 Å². The van der Waals surface area contributed by atoms with Gasteiger partial charge in [-0.15, -0.1) is 0 Å². The first-order chi connectivity index (χ1) is 15.5. The lowest BCUT2D eigenvalue weighted by Gasteiger charge is -2.16. The Morgan fingerprint density at radius 2 is 0.909 bits per heavy atom. The third-order valence-corrected chi connectivity index (χ3v) is 5.52. The van der Waals surface area contributed by atoms with Gasteiger partial charge in [-0.05, 0) is 83.7 Å². The van der Waals surface area contributed by atoms with E-state index in [1.165, 1.54) is 0 Å². The Morgan fingerprint density at radius 1 is 0.576 bits per heavy atom. The number of carbonyl (C=O) groups excluding carboxylic acids is 2. The molecule has 0 aliphatic heterocycles. The highest BCUT2D eigenvalue weighted by molar-refractivity contribution is 6.04. The Balaban J connectivity index is 2.38. The summed E-state index contributed by atoms with van der Waals surface area (Å²) in [6.07, 6.45) is 3.30. The molecule has 0 N–H and O–H groups in total. The average molecular weight is 451 g/mol. The Morgan fingerprint density at radius 3 is 1.21 bits per heavy atom. The van der Waals surface area contributed by atoms with Crippen LogP contribution in [0.15, 0.2) is 36.4 Å². The molecule has 0 aliphatic rings. The number of hydrogen-bond donors (Lipinski definition) is 0. The van der Waals surface area contributed by atoms with Crippen LogP contribution in [0.4, 0.5) is 0 Å². The molecule has 0 saturated heterocycles. The third kappa shape index (κ3) is 8.46. The van der Waals surface area contributed by atoms with Crippen molar-refractivity contribution in [1.29, 1.82) is 0 Å². The second kappa shape index (κ2) is 12.2. The molecule has 3 heteroatoms. The van der Waals surface area contributed by atoms with E-state index in [1.54, 1.807) is 0 Å². The van der Waals surface area contributed by atoms with Crippen LogP contribution in [0.5, 0.6) is 0 Å². The van der Waals surface area contributed by atoms with Crippen LogP contribution in [0.3, 0.4) is 0 Å². The summed E-state index contributed by atoms with van der Waals surface area (Å²) >= 11 is 0. The molecule has 3 nitrogen and oxygen atoms in total. The van der Waals surface area contributed by atoms with Crippen molar-refractivity contribution in [3.63, 3.8) is 0 Å². The highest BCUT2D eigenvalue weighted by Gasteiger charge is 2.22. The Kier molecular flexibility index (Phi) is 9.88. The first-order valence-corrected chi connectivity index (χ1v) is 12.5. The summed E-state index contributed by atoms with van der Waals surface area (Å²) in [5, 5.41) is 0. The van der Waals surface area contributed by atoms with Crippen LogP contribution in [0.25, 0.3) is 0 Å². The average Bonchev–Trinajstić information content (AvgIpc) is 2.68. The summed E-state index contributed by atoms with van der Waals surface area (Å²) in [4.78, 5) is 26.4. The second-order valence-corrected chi connectivity index (χ2v) is 11.1. The number of ether oxygens (including phenoxy) is 1. The molecule has 0 fully saturated rings. The third-order valence-electron chi connectivity index (χ3n) is 5.52. The molecule has 2 aromatic carbocycles. The maximum atomic E-state index is 13.2. The number of carbonyl (C=O) groups is 2. The van der Waals surface area contributed by atoms with Gasteiger partial charge >= 0.3 is 11.9 Å². The zero-order valence-electron chi connectivity index (χ0n) is 21.8. The zero-order chi connectivity index (χ0) is 24.7. The fourth-order valence-corrected chi connectivity index (χ4v) is 4.25. The van der Waals surface area contributed by atoms with Gasteiger partial charge in [-0.25, -0.2) is 9.59 Å². The highest BCUT2D eigenvalue weighted by Crippen LogP contribution is 2.23. The monoisotopic (exact) mass is 450 g/mol. The molecule has 0 aromatic heterocycles. The first-order valence-electron chi connectivity index (χ1n) is 12.5. The summed E-state index contributed by atoms with van der Waals surface area (Å²) < 4.78 is 5.51. The molecule has 0 radical (unpaired) electrons. The summed E-state index contributed by atoms with van der Waals surface area (Å²) in [6, 6.07) is 12.0. The smallest absolute Gasteiger partial charge is 0.346 e. The molecule has 0 atom stereocenters. The lowest BCUT2D eigenvalue weighted by molar-refractivity contribution is 0.0396. The van der Waals surface area contributed by atoms with Gasteiger partial charge in [-0.2, -0.15) is 0 Å². The van der Waals surface area contributed by atoms with Crippen molar-refractivity contribution >= 4 is 11.9 Å². The van der Waals surface area contributed by atoms with Gasteiger partial charge in [0.2, 0.25) is 0 Å². The van der Waals surface area contributed by atoms with Gasteiger partial charge in [-0.3, -0.25) is 0 Å². The maximum absolute atomic E-state index is 13.2.